The molecular weight excluding hydrogens is 405 g/mol. The Bertz CT molecular complexity index is 853. The number of hydrogen-bond donors (Lipinski definition) is 1. The van der Waals surface area contributed by atoms with E-state index in [1.54, 1.807) is 6.07 Å². The number of aromatic nitrogens is 1. The Balaban J connectivity index is 1.89. The minimum Gasteiger partial charge on any atom is -0.475 e. The average Bonchev–Trinajstić information content (AvgIpc) is 2.77. The van der Waals surface area contributed by atoms with Gasteiger partial charge in [-0.05, 0) is 46.6 Å². The van der Waals surface area contributed by atoms with Crippen LogP contribution in [0.3, 0.4) is 0 Å². The molecule has 3 rings (SSSR count). The van der Waals surface area contributed by atoms with Crippen molar-refractivity contribution >= 4 is 28.3 Å². The summed E-state index contributed by atoms with van der Waals surface area (Å²) in [7, 11) is -4.35. The van der Waals surface area contributed by atoms with E-state index >= 15 is 0 Å². The minimum absolute atomic E-state index is 0.192. The number of sulfonamides is 1. The molecule has 0 unspecified atom stereocenters. The summed E-state index contributed by atoms with van der Waals surface area (Å²) in [6, 6.07) is 1.54. The molecule has 0 radical (unpaired) electrons. The molecule has 1 aromatic rings. The van der Waals surface area contributed by atoms with E-state index in [9.17, 15) is 17.2 Å². The van der Waals surface area contributed by atoms with E-state index in [-0.39, 0.29) is 37.3 Å². The smallest absolute Gasteiger partial charge is 0.475 e. The number of rotatable bonds is 5. The van der Waals surface area contributed by atoms with Crippen molar-refractivity contribution in [1.29, 1.82) is 0 Å². The van der Waals surface area contributed by atoms with Gasteiger partial charge in [-0.3, -0.25) is 4.72 Å². The molecule has 29 heavy (non-hydrogen) atoms. The summed E-state index contributed by atoms with van der Waals surface area (Å²) in [4.78, 5) is 4.24. The highest BCUT2D eigenvalue weighted by molar-refractivity contribution is 7.92. The Hall–Kier alpha value is -1.46. The van der Waals surface area contributed by atoms with Gasteiger partial charge in [0.05, 0.1) is 29.3 Å². The lowest BCUT2D eigenvalue weighted by Crippen LogP contribution is -2.41. The molecule has 11 heteroatoms. The van der Waals surface area contributed by atoms with E-state index in [4.69, 9.17) is 14.0 Å². The Morgan fingerprint density at radius 1 is 1.17 bits per heavy atom. The number of hydrogen-bond acceptors (Lipinski definition) is 6. The molecule has 2 heterocycles. The highest BCUT2D eigenvalue weighted by Gasteiger charge is 2.53. The molecule has 1 N–H and O–H groups in total. The number of alkyl halides is 2. The molecule has 162 valence electrons. The molecule has 1 aliphatic heterocycles. The maximum absolute atomic E-state index is 13.4. The van der Waals surface area contributed by atoms with Crippen molar-refractivity contribution in [1.82, 2.24) is 4.98 Å². The van der Waals surface area contributed by atoms with Crippen LogP contribution in [0, 0.1) is 0 Å². The number of anilines is 1. The Morgan fingerprint density at radius 3 is 2.24 bits per heavy atom. The maximum atomic E-state index is 13.4. The van der Waals surface area contributed by atoms with Gasteiger partial charge in [-0.1, -0.05) is 0 Å². The second-order valence-electron chi connectivity index (χ2n) is 8.75. The zero-order valence-corrected chi connectivity index (χ0v) is 18.1. The number of nitrogens with zero attached hydrogens (tertiary/aromatic N) is 1. The summed E-state index contributed by atoms with van der Waals surface area (Å²) >= 11 is 0. The normalized spacial score (nSPS) is 23.8. The molecule has 0 spiro atoms. The van der Waals surface area contributed by atoms with Crippen molar-refractivity contribution in [3.63, 3.8) is 0 Å². The van der Waals surface area contributed by atoms with E-state index in [1.807, 2.05) is 27.7 Å². The molecule has 2 fully saturated rings. The minimum atomic E-state index is -3.51. The van der Waals surface area contributed by atoms with Crippen LogP contribution < -0.4 is 14.9 Å². The summed E-state index contributed by atoms with van der Waals surface area (Å²) < 4.78 is 70.5. The van der Waals surface area contributed by atoms with Gasteiger partial charge in [0.15, 0.2) is 0 Å². The Kier molecular flexibility index (Phi) is 5.64. The molecule has 1 aliphatic carbocycles. The van der Waals surface area contributed by atoms with E-state index < -0.39 is 40.4 Å². The van der Waals surface area contributed by atoms with Gasteiger partial charge in [-0.2, -0.15) is 0 Å². The molecule has 0 bridgehead atoms. The van der Waals surface area contributed by atoms with Gasteiger partial charge in [-0.25, -0.2) is 22.2 Å². The zero-order valence-electron chi connectivity index (χ0n) is 17.3. The first-order valence-electron chi connectivity index (χ1n) is 9.55. The summed E-state index contributed by atoms with van der Waals surface area (Å²) in [6.07, 6.45) is 1.89. The first-order chi connectivity index (χ1) is 13.2. The largest absolute Gasteiger partial charge is 0.500 e. The highest BCUT2D eigenvalue weighted by Crippen LogP contribution is 2.38. The average molecular weight is 432 g/mol. The van der Waals surface area contributed by atoms with Gasteiger partial charge in [0.1, 0.15) is 6.10 Å². The van der Waals surface area contributed by atoms with E-state index in [1.165, 1.54) is 6.20 Å². The van der Waals surface area contributed by atoms with Crippen LogP contribution in [0.15, 0.2) is 12.3 Å². The predicted molar refractivity (Wildman–Crippen MR) is 106 cm³/mol. The first kappa shape index (κ1) is 22.2. The SMILES string of the molecule is CC1(C)OB(c2cc(NS(C)(=O)=O)cnc2OC2CCC(F)(F)CC2)OC1(C)C. The van der Waals surface area contributed by atoms with Crippen molar-refractivity contribution in [2.75, 3.05) is 11.0 Å². The molecule has 0 aromatic carbocycles. The van der Waals surface area contributed by atoms with Crippen LogP contribution in [-0.4, -0.2) is 50.0 Å². The fourth-order valence-corrected chi connectivity index (χ4v) is 3.81. The van der Waals surface area contributed by atoms with Crippen LogP contribution >= 0.6 is 0 Å². The first-order valence-corrected chi connectivity index (χ1v) is 11.4. The number of ether oxygens (including phenoxy) is 1. The van der Waals surface area contributed by atoms with Crippen LogP contribution in [0.5, 0.6) is 5.88 Å². The lowest BCUT2D eigenvalue weighted by atomic mass is 9.79. The third-order valence-corrected chi connectivity index (χ3v) is 6.24. The fraction of sp³-hybridized carbons (Fsp3) is 0.722. The Morgan fingerprint density at radius 2 is 1.72 bits per heavy atom. The van der Waals surface area contributed by atoms with E-state index in [0.29, 0.717) is 5.46 Å². The number of pyridine rings is 1. The number of halogens is 2. The molecule has 1 saturated carbocycles. The highest BCUT2D eigenvalue weighted by atomic mass is 32.2. The van der Waals surface area contributed by atoms with Gasteiger partial charge < -0.3 is 14.0 Å². The second-order valence-corrected chi connectivity index (χ2v) is 10.5. The lowest BCUT2D eigenvalue weighted by Gasteiger charge is -2.32. The molecular formula is C18H27BF2N2O5S. The molecule has 1 aromatic heterocycles. The van der Waals surface area contributed by atoms with Gasteiger partial charge in [0, 0.05) is 18.3 Å². The molecule has 1 saturated heterocycles. The molecule has 2 aliphatic rings. The summed E-state index contributed by atoms with van der Waals surface area (Å²) in [5.74, 6) is -2.47. The van der Waals surface area contributed by atoms with Crippen LogP contribution in [-0.2, 0) is 19.3 Å². The third kappa shape index (κ3) is 5.18. The van der Waals surface area contributed by atoms with Crippen molar-refractivity contribution < 1.29 is 31.2 Å². The van der Waals surface area contributed by atoms with Gasteiger partial charge in [0.2, 0.25) is 21.8 Å². The quantitative estimate of drug-likeness (QED) is 0.721. The summed E-state index contributed by atoms with van der Waals surface area (Å²) in [5.41, 5.74) is -0.598. The molecule has 0 atom stereocenters. The van der Waals surface area contributed by atoms with Gasteiger partial charge in [0.25, 0.3) is 0 Å². The number of nitrogens with one attached hydrogen (secondary N) is 1. The van der Waals surface area contributed by atoms with Crippen molar-refractivity contribution in [2.45, 2.75) is 76.6 Å². The van der Waals surface area contributed by atoms with Crippen molar-refractivity contribution in [2.24, 2.45) is 0 Å². The van der Waals surface area contributed by atoms with E-state index in [2.05, 4.69) is 9.71 Å². The monoisotopic (exact) mass is 432 g/mol. The maximum Gasteiger partial charge on any atom is 0.500 e. The zero-order chi connectivity index (χ0) is 21.7. The lowest BCUT2D eigenvalue weighted by molar-refractivity contribution is -0.0587. The summed E-state index contributed by atoms with van der Waals surface area (Å²) in [5, 5.41) is 0. The van der Waals surface area contributed by atoms with Crippen molar-refractivity contribution in [3.05, 3.63) is 12.3 Å². The van der Waals surface area contributed by atoms with E-state index in [0.717, 1.165) is 6.26 Å². The summed E-state index contributed by atoms with van der Waals surface area (Å²) in [6.45, 7) is 7.57. The molecule has 7 nitrogen and oxygen atoms in total. The van der Waals surface area contributed by atoms with Crippen LogP contribution in [0.25, 0.3) is 0 Å². The fourth-order valence-electron chi connectivity index (χ4n) is 3.27. The third-order valence-electron chi connectivity index (χ3n) is 5.63. The predicted octanol–water partition coefficient (Wildman–Crippen LogP) is 2.71. The standard InChI is InChI=1S/C18H27BF2N2O5S/c1-16(2)17(3,4)28-19(27-16)14-10-12(23-29(5,24)25)11-22-15(14)26-13-6-8-18(20,21)9-7-13/h10-11,13,23H,6-9H2,1-5H3. The van der Waals surface area contributed by atoms with Crippen molar-refractivity contribution in [3.8, 4) is 5.88 Å². The van der Waals surface area contributed by atoms with Crippen LogP contribution in [0.2, 0.25) is 0 Å². The van der Waals surface area contributed by atoms with Gasteiger partial charge >= 0.3 is 7.12 Å². The topological polar surface area (TPSA) is 86.8 Å². The van der Waals surface area contributed by atoms with Gasteiger partial charge in [-0.15, -0.1) is 0 Å². The molecule has 0 amide bonds. The van der Waals surface area contributed by atoms with Crippen LogP contribution in [0.4, 0.5) is 14.5 Å². The second kappa shape index (κ2) is 7.35. The Labute approximate surface area is 170 Å². The van der Waals surface area contributed by atoms with Crippen LogP contribution in [0.1, 0.15) is 53.4 Å².